The molecule has 5 rings (SSSR count). The fourth-order valence-corrected chi connectivity index (χ4v) is 6.12. The average Bonchev–Trinajstić information content (AvgIpc) is 3.50. The molecule has 3 aromatic heterocycles. The van der Waals surface area contributed by atoms with Crippen LogP contribution >= 0.6 is 23.2 Å². The number of nitro groups is 1. The second-order valence-corrected chi connectivity index (χ2v) is 12.9. The number of esters is 2. The third kappa shape index (κ3) is 11.3. The van der Waals surface area contributed by atoms with Gasteiger partial charge in [0.15, 0.2) is 16.8 Å². The van der Waals surface area contributed by atoms with Gasteiger partial charge in [-0.15, -0.1) is 0 Å². The van der Waals surface area contributed by atoms with E-state index in [9.17, 15) is 46.1 Å². The number of halogens is 5. The molecule has 2 amide bonds. The van der Waals surface area contributed by atoms with E-state index in [2.05, 4.69) is 25.0 Å². The maximum absolute atomic E-state index is 12.7. The Hall–Kier alpha value is -6.46. The summed E-state index contributed by atoms with van der Waals surface area (Å²) in [5.41, 5.74) is -1.85. The first kappa shape index (κ1) is 43.3. The molecule has 2 N–H and O–H groups in total. The maximum atomic E-state index is 12.7. The predicted molar refractivity (Wildman–Crippen MR) is 191 cm³/mol. The number of hydrogen-bond acceptors (Lipinski definition) is 15. The lowest BCUT2D eigenvalue weighted by atomic mass is 10.1. The van der Waals surface area contributed by atoms with Crippen molar-refractivity contribution in [3.63, 3.8) is 0 Å². The molecule has 0 bridgehead atoms. The number of imidazole rings is 1. The molecule has 19 nitrogen and oxygen atoms in total. The molecule has 0 aliphatic heterocycles. The second kappa shape index (κ2) is 18.4. The number of nitro benzene ring substituents is 1. The van der Waals surface area contributed by atoms with Crippen LogP contribution in [-0.2, 0) is 30.5 Å². The molecule has 0 spiro atoms. The van der Waals surface area contributed by atoms with Crippen LogP contribution in [-0.4, -0.2) is 78.1 Å². The van der Waals surface area contributed by atoms with Crippen molar-refractivity contribution in [2.45, 2.75) is 18.1 Å². The minimum atomic E-state index is -4.61. The van der Waals surface area contributed by atoms with E-state index in [1.807, 2.05) is 4.72 Å². The highest BCUT2D eigenvalue weighted by atomic mass is 35.5. The number of rotatable bonds is 12. The van der Waals surface area contributed by atoms with E-state index in [0.29, 0.717) is 11.7 Å². The summed E-state index contributed by atoms with van der Waals surface area (Å²) in [5, 5.41) is 12.3. The Kier molecular flexibility index (Phi) is 14.0. The van der Waals surface area contributed by atoms with Crippen LogP contribution in [0.2, 0.25) is 10.2 Å². The number of methoxy groups -OCH3 is 2. The van der Waals surface area contributed by atoms with E-state index in [1.54, 1.807) is 18.2 Å². The summed E-state index contributed by atoms with van der Waals surface area (Å²) in [6, 6.07) is 10.5. The van der Waals surface area contributed by atoms with Crippen LogP contribution in [0.5, 0.6) is 23.3 Å². The lowest BCUT2D eigenvalue weighted by molar-refractivity contribution is -0.385. The molecule has 302 valence electrons. The number of fused-ring (bicyclic) bond motifs is 1. The first-order chi connectivity index (χ1) is 26.9. The summed E-state index contributed by atoms with van der Waals surface area (Å²) >= 11 is 11.7. The highest BCUT2D eigenvalue weighted by Crippen LogP contribution is 2.37. The first-order valence-electron chi connectivity index (χ1n) is 15.5. The van der Waals surface area contributed by atoms with Gasteiger partial charge in [-0.1, -0.05) is 29.3 Å². The van der Waals surface area contributed by atoms with E-state index < -0.39 is 62.5 Å². The van der Waals surface area contributed by atoms with E-state index >= 15 is 0 Å². The quantitative estimate of drug-likeness (QED) is 0.0820. The van der Waals surface area contributed by atoms with Crippen LogP contribution in [0.1, 0.15) is 22.8 Å². The number of ether oxygens (including phenoxy) is 5. The SMILES string of the molecule is CCOC(=O)COC(=O)c1cc(Oc2ccc(C(F)(F)F)cc2Cl)ccc1[N+](=O)[O-].COc1cc(OC)nc(NC(=O)NS(=O)(=O)c2c(Cl)nc3ccccn23)n1. The third-order valence-electron chi connectivity index (χ3n) is 6.75. The van der Waals surface area contributed by atoms with Crippen molar-refractivity contribution in [2.75, 3.05) is 32.8 Å². The van der Waals surface area contributed by atoms with Gasteiger partial charge in [-0.3, -0.25) is 19.8 Å². The van der Waals surface area contributed by atoms with Crippen LogP contribution < -0.4 is 24.2 Å². The van der Waals surface area contributed by atoms with E-state index in [-0.39, 0.29) is 51.0 Å². The lowest BCUT2D eigenvalue weighted by Gasteiger charge is -2.12. The fraction of sp³-hybridized carbons (Fsp3) is 0.188. The molecule has 0 atom stereocenters. The topological polar surface area (TPSA) is 242 Å². The zero-order chi connectivity index (χ0) is 42.1. The van der Waals surface area contributed by atoms with Crippen molar-refractivity contribution in [1.82, 2.24) is 24.1 Å². The van der Waals surface area contributed by atoms with Crippen molar-refractivity contribution in [3.05, 3.63) is 98.3 Å². The number of carbonyl (C=O) groups excluding carboxylic acids is 3. The number of amides is 2. The van der Waals surface area contributed by atoms with E-state index in [4.69, 9.17) is 42.1 Å². The summed E-state index contributed by atoms with van der Waals surface area (Å²) in [6.07, 6.45) is -3.15. The Bertz CT molecular complexity index is 2410. The molecule has 0 aliphatic carbocycles. The van der Waals surface area contributed by atoms with Crippen LogP contribution in [0.15, 0.2) is 71.9 Å². The Morgan fingerprint density at radius 1 is 0.947 bits per heavy atom. The van der Waals surface area contributed by atoms with Crippen LogP contribution in [0.25, 0.3) is 5.65 Å². The molecule has 0 unspecified atom stereocenters. The number of urea groups is 1. The fourth-order valence-electron chi connectivity index (χ4n) is 4.34. The van der Waals surface area contributed by atoms with Crippen molar-refractivity contribution in [1.29, 1.82) is 0 Å². The molecule has 25 heteroatoms. The van der Waals surface area contributed by atoms with Gasteiger partial charge < -0.3 is 23.7 Å². The molecule has 0 radical (unpaired) electrons. The van der Waals surface area contributed by atoms with Gasteiger partial charge in [-0.05, 0) is 43.3 Å². The van der Waals surface area contributed by atoms with Gasteiger partial charge in [0.2, 0.25) is 17.7 Å². The van der Waals surface area contributed by atoms with Gasteiger partial charge in [0.05, 0.1) is 42.4 Å². The maximum Gasteiger partial charge on any atom is 0.416 e. The number of pyridine rings is 1. The summed E-state index contributed by atoms with van der Waals surface area (Å²) in [7, 11) is -1.61. The number of nitrogens with one attached hydrogen (secondary N) is 2. The summed E-state index contributed by atoms with van der Waals surface area (Å²) in [5.74, 6) is -2.34. The van der Waals surface area contributed by atoms with Gasteiger partial charge in [0, 0.05) is 18.3 Å². The largest absolute Gasteiger partial charge is 0.481 e. The van der Waals surface area contributed by atoms with Crippen molar-refractivity contribution < 1.29 is 64.6 Å². The van der Waals surface area contributed by atoms with Crippen LogP contribution in [0, 0.1) is 10.1 Å². The number of aromatic nitrogens is 4. The van der Waals surface area contributed by atoms with Gasteiger partial charge in [-0.2, -0.15) is 31.6 Å². The summed E-state index contributed by atoms with van der Waals surface area (Å²) in [4.78, 5) is 57.6. The highest BCUT2D eigenvalue weighted by molar-refractivity contribution is 7.90. The Morgan fingerprint density at radius 2 is 1.63 bits per heavy atom. The molecule has 5 aromatic rings. The molecule has 0 fully saturated rings. The minimum absolute atomic E-state index is 0.0493. The zero-order valence-corrected chi connectivity index (χ0v) is 31.5. The summed E-state index contributed by atoms with van der Waals surface area (Å²) in [6.45, 7) is 0.825. The number of anilines is 1. The highest BCUT2D eigenvalue weighted by Gasteiger charge is 2.31. The molecular weight excluding hydrogens is 834 g/mol. The number of benzene rings is 2. The Labute approximate surface area is 328 Å². The van der Waals surface area contributed by atoms with Gasteiger partial charge in [-0.25, -0.2) is 24.1 Å². The van der Waals surface area contributed by atoms with Crippen LogP contribution in [0.4, 0.5) is 29.6 Å². The van der Waals surface area contributed by atoms with Gasteiger partial charge in [0.25, 0.3) is 15.7 Å². The Balaban J connectivity index is 0.000000254. The molecular formula is C32H26Cl2F3N7O12S. The monoisotopic (exact) mass is 859 g/mol. The Morgan fingerprint density at radius 3 is 2.23 bits per heavy atom. The standard InChI is InChI=1S/C18H13ClF3NO7.C14H13ClN6O5S/c1-2-28-16(24)9-29-17(25)12-8-11(4-5-14(12)23(26)27)30-15-6-3-10(7-13(15)19)18(20,21)22;1-25-9-7-10(26-2)18-13(17-9)19-14(22)20-27(23,24)12-11(15)16-8-5-3-4-6-21(8)12/h3-8H,2,9H2,1H3;3-7H,1-2H3,(H2,17,18,19,20,22). The molecule has 57 heavy (non-hydrogen) atoms. The summed E-state index contributed by atoms with van der Waals surface area (Å²) < 4.78 is 90.9. The number of carbonyl (C=O) groups is 3. The minimum Gasteiger partial charge on any atom is -0.481 e. The second-order valence-electron chi connectivity index (χ2n) is 10.5. The number of hydrogen-bond donors (Lipinski definition) is 2. The molecule has 0 saturated heterocycles. The normalized spacial score (nSPS) is 11.1. The van der Waals surface area contributed by atoms with Crippen molar-refractivity contribution in [3.8, 4) is 23.3 Å². The molecule has 2 aromatic carbocycles. The molecule has 3 heterocycles. The van der Waals surface area contributed by atoms with Crippen molar-refractivity contribution >= 4 is 68.5 Å². The zero-order valence-electron chi connectivity index (χ0n) is 29.2. The van der Waals surface area contributed by atoms with E-state index in [1.165, 1.54) is 37.8 Å². The number of sulfonamides is 1. The van der Waals surface area contributed by atoms with E-state index in [0.717, 1.165) is 30.3 Å². The lowest BCUT2D eigenvalue weighted by Crippen LogP contribution is -2.35. The number of alkyl halides is 3. The molecule has 0 aliphatic rings. The van der Waals surface area contributed by atoms with Gasteiger partial charge >= 0.3 is 24.1 Å². The van der Waals surface area contributed by atoms with Gasteiger partial charge in [0.1, 0.15) is 22.7 Å². The predicted octanol–water partition coefficient (Wildman–Crippen LogP) is 6.08. The molecule has 0 saturated carbocycles. The van der Waals surface area contributed by atoms with Crippen molar-refractivity contribution in [2.24, 2.45) is 0 Å². The number of nitrogens with zero attached hydrogens (tertiary/aromatic N) is 5. The first-order valence-corrected chi connectivity index (χ1v) is 17.7. The smallest absolute Gasteiger partial charge is 0.416 e. The van der Waals surface area contributed by atoms with Crippen LogP contribution in [0.3, 0.4) is 0 Å². The average molecular weight is 861 g/mol. The third-order valence-corrected chi connectivity index (χ3v) is 8.77.